The van der Waals surface area contributed by atoms with Gasteiger partial charge in [0.15, 0.2) is 0 Å². The minimum absolute atomic E-state index is 3.43. The van der Waals surface area contributed by atoms with E-state index in [-0.39, 0.29) is 0 Å². The van der Waals surface area contributed by atoms with Crippen LogP contribution in [0.4, 0.5) is 61.5 Å². The summed E-state index contributed by atoms with van der Waals surface area (Å²) in [4.78, 5) is 0. The van der Waals surface area contributed by atoms with Crippen LogP contribution in [-0.4, -0.2) is 34.7 Å². The van der Waals surface area contributed by atoms with Gasteiger partial charge in [-0.15, -0.1) is 0 Å². The lowest BCUT2D eigenvalue weighted by Crippen LogP contribution is -2.56. The summed E-state index contributed by atoms with van der Waals surface area (Å²) in [5.41, 5.74) is 0. The molecule has 0 bridgehead atoms. The van der Waals surface area contributed by atoms with Gasteiger partial charge in [-0.25, -0.2) is 0 Å². The topological polar surface area (TPSA) is 0 Å². The van der Waals surface area contributed by atoms with Gasteiger partial charge in [-0.05, 0) is 11.8 Å². The summed E-state index contributed by atoms with van der Waals surface area (Å²) >= 11 is -3.43. The van der Waals surface area contributed by atoms with E-state index in [2.05, 4.69) is 0 Å². The summed E-state index contributed by atoms with van der Waals surface area (Å²) in [6.07, 6.45) is -14.3. The lowest BCUT2D eigenvalue weighted by Gasteiger charge is -2.33. The highest BCUT2D eigenvalue weighted by molar-refractivity contribution is 8.01. The first kappa shape index (κ1) is 20.4. The summed E-state index contributed by atoms with van der Waals surface area (Å²) in [6.45, 7) is 0. The molecule has 21 heavy (non-hydrogen) atoms. The zero-order chi connectivity index (χ0) is 17.7. The molecule has 0 rings (SSSR count). The molecule has 0 aliphatic rings. The third-order valence-electron chi connectivity index (χ3n) is 1.70. The first-order valence-corrected chi connectivity index (χ1v) is 4.87. The highest BCUT2D eigenvalue weighted by Gasteiger charge is 2.81. The van der Waals surface area contributed by atoms with Crippen LogP contribution in [0.25, 0.3) is 0 Å². The minimum atomic E-state index is -7.27. The molecule has 0 radical (unpaired) electrons. The minimum Gasteiger partial charge on any atom is -0.188 e. The lowest BCUT2D eigenvalue weighted by atomic mass is 10.3. The fourth-order valence-electron chi connectivity index (χ4n) is 0.619. The number of halogens is 14. The van der Waals surface area contributed by atoms with Crippen molar-refractivity contribution in [2.24, 2.45) is 0 Å². The number of alkyl halides is 14. The second-order valence-corrected chi connectivity index (χ2v) is 4.51. The van der Waals surface area contributed by atoms with E-state index < -0.39 is 46.5 Å². The standard InChI is InChI=1S/C6F14S/c7-1(8,3(11,12)13)5(17,18)21-6(19,20)2(9,10)4(14,15)16. The van der Waals surface area contributed by atoms with E-state index in [1.54, 1.807) is 0 Å². The van der Waals surface area contributed by atoms with Crippen molar-refractivity contribution in [1.29, 1.82) is 0 Å². The largest absolute Gasteiger partial charge is 0.460 e. The van der Waals surface area contributed by atoms with Gasteiger partial charge in [0.05, 0.1) is 0 Å². The molecule has 0 aromatic carbocycles. The van der Waals surface area contributed by atoms with Crippen molar-refractivity contribution in [2.75, 3.05) is 0 Å². The Kier molecular flexibility index (Phi) is 4.79. The average Bonchev–Trinajstić information content (AvgIpc) is 2.11. The predicted molar refractivity (Wildman–Crippen MR) is 39.5 cm³/mol. The van der Waals surface area contributed by atoms with Gasteiger partial charge in [0.25, 0.3) is 0 Å². The van der Waals surface area contributed by atoms with Crippen molar-refractivity contribution < 1.29 is 61.5 Å². The monoisotopic (exact) mass is 370 g/mol. The van der Waals surface area contributed by atoms with Crippen molar-refractivity contribution in [3.8, 4) is 0 Å². The zero-order valence-corrected chi connectivity index (χ0v) is 9.52. The van der Waals surface area contributed by atoms with Gasteiger partial charge < -0.3 is 0 Å². The summed E-state index contributed by atoms with van der Waals surface area (Å²) in [6, 6.07) is 0. The van der Waals surface area contributed by atoms with Crippen molar-refractivity contribution in [2.45, 2.75) is 34.7 Å². The molecule has 0 aliphatic heterocycles. The predicted octanol–water partition coefficient (Wildman–Crippen LogP) is 5.30. The number of hydrogen-bond donors (Lipinski definition) is 0. The Hall–Kier alpha value is -0.630. The van der Waals surface area contributed by atoms with E-state index >= 15 is 0 Å². The maximum absolute atomic E-state index is 12.4. The van der Waals surface area contributed by atoms with Crippen LogP contribution in [0.15, 0.2) is 0 Å². The Morgan fingerprint density at radius 1 is 0.381 bits per heavy atom. The Morgan fingerprint density at radius 2 is 0.571 bits per heavy atom. The Balaban J connectivity index is 5.65. The Bertz CT molecular complexity index is 338. The van der Waals surface area contributed by atoms with Crippen LogP contribution in [0, 0.1) is 0 Å². The number of rotatable bonds is 4. The molecule has 0 aliphatic carbocycles. The molecule has 0 heterocycles. The van der Waals surface area contributed by atoms with E-state index in [1.807, 2.05) is 0 Å². The lowest BCUT2D eigenvalue weighted by molar-refractivity contribution is -0.340. The van der Waals surface area contributed by atoms with Gasteiger partial charge in [0.2, 0.25) is 0 Å². The SMILES string of the molecule is FC(F)(F)C(F)(F)C(F)(F)SC(F)(F)C(F)(F)C(F)(F)F. The molecular formula is C6F14S. The average molecular weight is 370 g/mol. The Labute approximate surface area is 109 Å². The van der Waals surface area contributed by atoms with Gasteiger partial charge in [-0.2, -0.15) is 61.5 Å². The first-order chi connectivity index (χ1) is 8.71. The van der Waals surface area contributed by atoms with E-state index in [4.69, 9.17) is 0 Å². The van der Waals surface area contributed by atoms with E-state index in [9.17, 15) is 61.5 Å². The Morgan fingerprint density at radius 3 is 0.714 bits per heavy atom. The van der Waals surface area contributed by atoms with Crippen molar-refractivity contribution in [3.05, 3.63) is 0 Å². The van der Waals surface area contributed by atoms with Gasteiger partial charge in [0.1, 0.15) is 0 Å². The molecule has 0 unspecified atom stereocenters. The number of hydrogen-bond acceptors (Lipinski definition) is 1. The third kappa shape index (κ3) is 3.41. The molecule has 0 aromatic heterocycles. The van der Waals surface area contributed by atoms with E-state index in [0.29, 0.717) is 0 Å². The second-order valence-electron chi connectivity index (χ2n) is 3.28. The molecule has 0 aromatic rings. The molecular weight excluding hydrogens is 370 g/mol. The first-order valence-electron chi connectivity index (χ1n) is 4.05. The molecule has 0 atom stereocenters. The van der Waals surface area contributed by atoms with Crippen molar-refractivity contribution in [1.82, 2.24) is 0 Å². The highest BCUT2D eigenvalue weighted by Crippen LogP contribution is 2.61. The van der Waals surface area contributed by atoms with Gasteiger partial charge in [-0.1, -0.05) is 0 Å². The molecule has 15 heteroatoms. The summed E-state index contributed by atoms with van der Waals surface area (Å²) in [5.74, 6) is -14.5. The molecule has 0 saturated heterocycles. The quantitative estimate of drug-likeness (QED) is 0.606. The van der Waals surface area contributed by atoms with Crippen LogP contribution in [0.3, 0.4) is 0 Å². The molecule has 0 N–H and O–H groups in total. The van der Waals surface area contributed by atoms with E-state index in [0.717, 1.165) is 0 Å². The normalized spacial score (nSPS) is 16.3. The highest BCUT2D eigenvalue weighted by atomic mass is 32.2. The van der Waals surface area contributed by atoms with Crippen LogP contribution in [0.1, 0.15) is 0 Å². The van der Waals surface area contributed by atoms with Gasteiger partial charge >= 0.3 is 34.7 Å². The van der Waals surface area contributed by atoms with Crippen molar-refractivity contribution in [3.63, 3.8) is 0 Å². The van der Waals surface area contributed by atoms with Gasteiger partial charge in [0, 0.05) is 0 Å². The molecule has 0 saturated carbocycles. The van der Waals surface area contributed by atoms with Gasteiger partial charge in [-0.3, -0.25) is 0 Å². The summed E-state index contributed by atoms with van der Waals surface area (Å²) < 4.78 is 168. The molecule has 0 fully saturated rings. The molecule has 0 spiro atoms. The molecule has 0 amide bonds. The third-order valence-corrected chi connectivity index (χ3v) is 2.72. The van der Waals surface area contributed by atoms with Crippen LogP contribution < -0.4 is 0 Å². The van der Waals surface area contributed by atoms with Crippen LogP contribution in [0.2, 0.25) is 0 Å². The molecule has 0 nitrogen and oxygen atoms in total. The summed E-state index contributed by atoms with van der Waals surface area (Å²) in [5, 5.41) is -14.0. The fraction of sp³-hybridized carbons (Fsp3) is 1.00. The maximum atomic E-state index is 12.4. The maximum Gasteiger partial charge on any atom is 0.460 e. The van der Waals surface area contributed by atoms with Crippen LogP contribution in [-0.2, 0) is 0 Å². The van der Waals surface area contributed by atoms with E-state index in [1.165, 1.54) is 0 Å². The molecule has 128 valence electrons. The fourth-order valence-corrected chi connectivity index (χ4v) is 1.43. The van der Waals surface area contributed by atoms with Crippen molar-refractivity contribution >= 4 is 11.8 Å². The van der Waals surface area contributed by atoms with Crippen LogP contribution in [0.5, 0.6) is 0 Å². The smallest absolute Gasteiger partial charge is 0.188 e. The number of thioether (sulfide) groups is 1. The zero-order valence-electron chi connectivity index (χ0n) is 8.70. The summed E-state index contributed by atoms with van der Waals surface area (Å²) in [7, 11) is 0. The second kappa shape index (κ2) is 4.94. The van der Waals surface area contributed by atoms with Crippen LogP contribution >= 0.6 is 11.8 Å².